The van der Waals surface area contributed by atoms with Gasteiger partial charge in [0.1, 0.15) is 6.04 Å². The fourth-order valence-electron chi connectivity index (χ4n) is 1.55. The Bertz CT molecular complexity index is 531. The van der Waals surface area contributed by atoms with Crippen molar-refractivity contribution < 1.29 is 19.5 Å². The van der Waals surface area contributed by atoms with E-state index >= 15 is 0 Å². The Kier molecular flexibility index (Phi) is 4.88. The number of amides is 2. The van der Waals surface area contributed by atoms with Crippen LogP contribution in [0.25, 0.3) is 0 Å². The van der Waals surface area contributed by atoms with Crippen LogP contribution in [-0.2, 0) is 9.59 Å². The van der Waals surface area contributed by atoms with Crippen LogP contribution in [0.15, 0.2) is 12.1 Å². The molecule has 2 amide bonds. The molecule has 0 saturated heterocycles. The molecule has 0 aliphatic rings. The van der Waals surface area contributed by atoms with Gasteiger partial charge in [-0.1, -0.05) is 20.8 Å². The molecule has 0 spiro atoms. The maximum absolute atomic E-state index is 12.0. The average molecular weight is 298 g/mol. The van der Waals surface area contributed by atoms with E-state index in [-0.39, 0.29) is 5.91 Å². The van der Waals surface area contributed by atoms with Gasteiger partial charge in [-0.2, -0.15) is 0 Å². The normalized spacial score (nSPS) is 12.6. The van der Waals surface area contributed by atoms with Gasteiger partial charge in [-0.3, -0.25) is 9.59 Å². The van der Waals surface area contributed by atoms with Crippen LogP contribution in [0, 0.1) is 5.41 Å². The highest BCUT2D eigenvalue weighted by Gasteiger charge is 2.33. The Labute approximate surface area is 121 Å². The number of carboxylic acids is 1. The number of thiophene rings is 1. The number of aliphatic carboxylic acids is 1. The molecule has 1 atom stereocenters. The summed E-state index contributed by atoms with van der Waals surface area (Å²) in [5, 5.41) is 14.8. The van der Waals surface area contributed by atoms with Gasteiger partial charge in [-0.05, 0) is 17.5 Å². The maximum atomic E-state index is 12.0. The van der Waals surface area contributed by atoms with Gasteiger partial charge in [-0.15, -0.1) is 11.3 Å². The summed E-state index contributed by atoms with van der Waals surface area (Å²) < 4.78 is 0. The standard InChI is InChI=1S/C13H18N2O4S/c1-7(16)14-9-6-5-8(20-9)11(17)15-10(12(18)19)13(2,3)4/h5-6,10H,1-4H3,(H,14,16)(H,15,17)(H,18,19)/t10-/m1/s1. The van der Waals surface area contributed by atoms with Crippen molar-refractivity contribution in [2.75, 3.05) is 5.32 Å². The first-order chi connectivity index (χ1) is 9.11. The Morgan fingerprint density at radius 2 is 1.85 bits per heavy atom. The van der Waals surface area contributed by atoms with Gasteiger partial charge in [0, 0.05) is 6.92 Å². The van der Waals surface area contributed by atoms with Crippen LogP contribution in [-0.4, -0.2) is 28.9 Å². The van der Waals surface area contributed by atoms with Crippen LogP contribution in [0.4, 0.5) is 5.00 Å². The SMILES string of the molecule is CC(=O)Nc1ccc(C(=O)N[C@H](C(=O)O)C(C)(C)C)s1. The molecule has 0 bridgehead atoms. The summed E-state index contributed by atoms with van der Waals surface area (Å²) in [5.41, 5.74) is -0.598. The van der Waals surface area contributed by atoms with Gasteiger partial charge < -0.3 is 15.7 Å². The summed E-state index contributed by atoms with van der Waals surface area (Å²) >= 11 is 1.10. The zero-order valence-electron chi connectivity index (χ0n) is 11.8. The van der Waals surface area contributed by atoms with Crippen LogP contribution in [0.5, 0.6) is 0 Å². The second-order valence-electron chi connectivity index (χ2n) is 5.46. The van der Waals surface area contributed by atoms with Crippen LogP contribution in [0.2, 0.25) is 0 Å². The molecule has 3 N–H and O–H groups in total. The second-order valence-corrected chi connectivity index (χ2v) is 6.54. The first kappa shape index (κ1) is 16.2. The summed E-state index contributed by atoms with van der Waals surface area (Å²) in [6, 6.07) is 2.17. The molecule has 0 aliphatic carbocycles. The highest BCUT2D eigenvalue weighted by atomic mass is 32.1. The summed E-state index contributed by atoms with van der Waals surface area (Å²) in [6.07, 6.45) is 0. The van der Waals surface area contributed by atoms with Gasteiger partial charge in [0.2, 0.25) is 5.91 Å². The van der Waals surface area contributed by atoms with Gasteiger partial charge >= 0.3 is 5.97 Å². The maximum Gasteiger partial charge on any atom is 0.326 e. The number of anilines is 1. The molecule has 20 heavy (non-hydrogen) atoms. The molecule has 0 aromatic carbocycles. The van der Waals surface area contributed by atoms with Crippen molar-refractivity contribution in [2.45, 2.75) is 33.7 Å². The minimum Gasteiger partial charge on any atom is -0.480 e. The molecular weight excluding hydrogens is 280 g/mol. The molecule has 110 valence electrons. The number of carbonyl (C=O) groups is 3. The third kappa shape index (κ3) is 4.34. The van der Waals surface area contributed by atoms with Crippen LogP contribution >= 0.6 is 11.3 Å². The average Bonchev–Trinajstić information content (AvgIpc) is 2.70. The predicted octanol–water partition coefficient (Wildman–Crippen LogP) is 1.94. The van der Waals surface area contributed by atoms with Crippen molar-refractivity contribution in [3.63, 3.8) is 0 Å². The van der Waals surface area contributed by atoms with Gasteiger partial charge in [0.05, 0.1) is 9.88 Å². The molecule has 0 unspecified atom stereocenters. The minimum atomic E-state index is -1.08. The van der Waals surface area contributed by atoms with E-state index in [1.54, 1.807) is 32.9 Å². The van der Waals surface area contributed by atoms with E-state index in [9.17, 15) is 14.4 Å². The number of hydrogen-bond acceptors (Lipinski definition) is 4. The summed E-state index contributed by atoms with van der Waals surface area (Å²) in [4.78, 5) is 34.5. The first-order valence-corrected chi connectivity index (χ1v) is 6.84. The smallest absolute Gasteiger partial charge is 0.326 e. The molecular formula is C13H18N2O4S. The van der Waals surface area contributed by atoms with E-state index in [1.807, 2.05) is 0 Å². The Hall–Kier alpha value is -1.89. The Morgan fingerprint density at radius 3 is 2.30 bits per heavy atom. The summed E-state index contributed by atoms with van der Waals surface area (Å²) in [6.45, 7) is 6.59. The topological polar surface area (TPSA) is 95.5 Å². The zero-order chi connectivity index (χ0) is 15.5. The van der Waals surface area contributed by atoms with Crippen LogP contribution in [0.1, 0.15) is 37.4 Å². The largest absolute Gasteiger partial charge is 0.480 e. The lowest BCUT2D eigenvalue weighted by atomic mass is 9.87. The monoisotopic (exact) mass is 298 g/mol. The number of rotatable bonds is 4. The van der Waals surface area contributed by atoms with E-state index < -0.39 is 23.3 Å². The quantitative estimate of drug-likeness (QED) is 0.791. The molecule has 7 heteroatoms. The molecule has 0 fully saturated rings. The highest BCUT2D eigenvalue weighted by molar-refractivity contribution is 7.18. The predicted molar refractivity (Wildman–Crippen MR) is 77.0 cm³/mol. The summed E-state index contributed by atoms with van der Waals surface area (Å²) in [5.74, 6) is -1.77. The van der Waals surface area contributed by atoms with Gasteiger partial charge in [0.15, 0.2) is 0 Å². The third-order valence-electron chi connectivity index (χ3n) is 2.52. The number of carboxylic acid groups (broad SMARTS) is 1. The Balaban J connectivity index is 2.82. The van der Waals surface area contributed by atoms with Gasteiger partial charge in [0.25, 0.3) is 5.91 Å². The zero-order valence-corrected chi connectivity index (χ0v) is 12.6. The van der Waals surface area contributed by atoms with Crippen LogP contribution in [0.3, 0.4) is 0 Å². The molecule has 1 rings (SSSR count). The van der Waals surface area contributed by atoms with Crippen molar-refractivity contribution in [1.29, 1.82) is 0 Å². The van der Waals surface area contributed by atoms with Crippen molar-refractivity contribution in [2.24, 2.45) is 5.41 Å². The first-order valence-electron chi connectivity index (χ1n) is 6.02. The Morgan fingerprint density at radius 1 is 1.25 bits per heavy atom. The van der Waals surface area contributed by atoms with E-state index in [1.165, 1.54) is 6.92 Å². The van der Waals surface area contributed by atoms with Crippen molar-refractivity contribution in [1.82, 2.24) is 5.32 Å². The lowest BCUT2D eigenvalue weighted by Gasteiger charge is -2.27. The fraction of sp³-hybridized carbons (Fsp3) is 0.462. The molecule has 1 aromatic rings. The van der Waals surface area contributed by atoms with Crippen molar-refractivity contribution >= 4 is 34.1 Å². The van der Waals surface area contributed by atoms with Crippen molar-refractivity contribution in [3.8, 4) is 0 Å². The molecule has 0 saturated carbocycles. The number of hydrogen-bond donors (Lipinski definition) is 3. The number of nitrogens with one attached hydrogen (secondary N) is 2. The fourth-order valence-corrected chi connectivity index (χ4v) is 2.41. The van der Waals surface area contributed by atoms with E-state index in [4.69, 9.17) is 5.11 Å². The van der Waals surface area contributed by atoms with Crippen molar-refractivity contribution in [3.05, 3.63) is 17.0 Å². The lowest BCUT2D eigenvalue weighted by Crippen LogP contribution is -2.48. The highest BCUT2D eigenvalue weighted by Crippen LogP contribution is 2.24. The minimum absolute atomic E-state index is 0.225. The molecule has 6 nitrogen and oxygen atoms in total. The third-order valence-corrected chi connectivity index (χ3v) is 3.52. The van der Waals surface area contributed by atoms with E-state index in [0.717, 1.165) is 11.3 Å². The molecule has 1 aromatic heterocycles. The van der Waals surface area contributed by atoms with E-state index in [2.05, 4.69) is 10.6 Å². The lowest BCUT2D eigenvalue weighted by molar-refractivity contribution is -0.142. The summed E-state index contributed by atoms with van der Waals surface area (Å²) in [7, 11) is 0. The molecule has 0 aliphatic heterocycles. The molecule has 0 radical (unpaired) electrons. The number of carbonyl (C=O) groups excluding carboxylic acids is 2. The second kappa shape index (κ2) is 6.04. The van der Waals surface area contributed by atoms with Crippen LogP contribution < -0.4 is 10.6 Å². The van der Waals surface area contributed by atoms with E-state index in [0.29, 0.717) is 9.88 Å². The molecule has 1 heterocycles. The van der Waals surface area contributed by atoms with Gasteiger partial charge in [-0.25, -0.2) is 4.79 Å².